The van der Waals surface area contributed by atoms with Gasteiger partial charge in [0.2, 0.25) is 0 Å². The number of hydrogen-bond acceptors (Lipinski definition) is 4. The van der Waals surface area contributed by atoms with Crippen LogP contribution < -0.4 is 0 Å². The summed E-state index contributed by atoms with van der Waals surface area (Å²) in [5, 5.41) is 10.2. The lowest BCUT2D eigenvalue weighted by Crippen LogP contribution is -2.33. The molecular formula is C15H14F4N2O4. The first-order valence-corrected chi connectivity index (χ1v) is 6.95. The Morgan fingerprint density at radius 1 is 1.40 bits per heavy atom. The molecule has 0 spiro atoms. The van der Waals surface area contributed by atoms with Gasteiger partial charge < -0.3 is 10.0 Å². The highest BCUT2D eigenvalue weighted by Gasteiger charge is 2.37. The molecular weight excluding hydrogens is 348 g/mol. The Hall–Kier alpha value is -2.62. The number of likely N-dealkylation sites (N-methyl/N-ethyl adjacent to an activating group) is 1. The zero-order valence-electron chi connectivity index (χ0n) is 13.2. The van der Waals surface area contributed by atoms with E-state index in [-0.39, 0.29) is 12.1 Å². The molecule has 1 heterocycles. The molecule has 1 aliphatic rings. The van der Waals surface area contributed by atoms with Gasteiger partial charge in [0.25, 0.3) is 11.8 Å². The van der Waals surface area contributed by atoms with Gasteiger partial charge in [-0.1, -0.05) is 6.07 Å². The predicted octanol–water partition coefficient (Wildman–Crippen LogP) is 2.02. The Bertz CT molecular complexity index is 746. The quantitative estimate of drug-likeness (QED) is 0.657. The lowest BCUT2D eigenvalue weighted by atomic mass is 10.1. The number of aliphatic hydroxyl groups is 1. The molecule has 0 fully saturated rings. The Balaban J connectivity index is 2.33. The van der Waals surface area contributed by atoms with Gasteiger partial charge in [-0.15, -0.1) is 0 Å². The molecule has 10 heteroatoms. The molecule has 1 aromatic carbocycles. The summed E-state index contributed by atoms with van der Waals surface area (Å²) >= 11 is 0. The summed E-state index contributed by atoms with van der Waals surface area (Å²) in [6.07, 6.45) is -4.83. The van der Waals surface area contributed by atoms with Crippen molar-refractivity contribution in [3.63, 3.8) is 0 Å². The van der Waals surface area contributed by atoms with E-state index < -0.39 is 47.2 Å². The van der Waals surface area contributed by atoms with E-state index in [1.165, 1.54) is 7.05 Å². The van der Waals surface area contributed by atoms with Gasteiger partial charge in [0.1, 0.15) is 5.82 Å². The molecule has 2 rings (SSSR count). The first-order valence-electron chi connectivity index (χ1n) is 6.95. The number of carbonyl (C=O) groups excluding carboxylic acids is 2. The van der Waals surface area contributed by atoms with Crippen LogP contribution in [0.1, 0.15) is 11.1 Å². The van der Waals surface area contributed by atoms with Crippen molar-refractivity contribution in [2.75, 3.05) is 20.7 Å². The highest BCUT2D eigenvalue weighted by Crippen LogP contribution is 2.33. The molecule has 0 aliphatic carbocycles. The largest absolute Gasteiger partial charge is 0.503 e. The van der Waals surface area contributed by atoms with Gasteiger partial charge in [-0.05, 0) is 17.7 Å². The molecule has 0 saturated heterocycles. The van der Waals surface area contributed by atoms with Crippen LogP contribution in [0.4, 0.5) is 17.6 Å². The van der Waals surface area contributed by atoms with Crippen molar-refractivity contribution in [3.8, 4) is 0 Å². The molecule has 0 radical (unpaired) electrons. The van der Waals surface area contributed by atoms with Crippen LogP contribution in [0, 0.1) is 5.82 Å². The maximum atomic E-state index is 13.1. The monoisotopic (exact) mass is 362 g/mol. The van der Waals surface area contributed by atoms with Gasteiger partial charge in [-0.2, -0.15) is 13.2 Å². The third-order valence-electron chi connectivity index (χ3n) is 3.63. The molecule has 136 valence electrons. The lowest BCUT2D eigenvalue weighted by molar-refractivity contribution is -0.176. The van der Waals surface area contributed by atoms with Gasteiger partial charge >= 0.3 is 6.18 Å². The van der Waals surface area contributed by atoms with E-state index in [4.69, 9.17) is 4.84 Å². The summed E-state index contributed by atoms with van der Waals surface area (Å²) in [4.78, 5) is 29.7. The average Bonchev–Trinajstić information content (AvgIpc) is 2.79. The fraction of sp³-hybridized carbons (Fsp3) is 0.333. The minimum atomic E-state index is -4.83. The number of benzene rings is 1. The molecule has 0 atom stereocenters. The van der Waals surface area contributed by atoms with E-state index in [1.807, 2.05) is 0 Å². The van der Waals surface area contributed by atoms with E-state index in [2.05, 4.69) is 0 Å². The summed E-state index contributed by atoms with van der Waals surface area (Å²) in [6, 6.07) is 2.03. The standard InChI is InChI=1S/C15H14F4N2O4/c1-20-7-10(12(22)14(20)24)13(23)21(25-2)6-8-3-4-9(16)5-11(8)15(17,18)19/h3-5,22H,6-7H2,1-2H3. The number of rotatable bonds is 4. The number of alkyl halides is 3. The number of hydrogen-bond donors (Lipinski definition) is 1. The van der Waals surface area contributed by atoms with Crippen LogP contribution in [0.2, 0.25) is 0 Å². The fourth-order valence-corrected chi connectivity index (χ4v) is 2.34. The molecule has 1 aromatic rings. The lowest BCUT2D eigenvalue weighted by Gasteiger charge is -2.22. The van der Waals surface area contributed by atoms with E-state index in [0.717, 1.165) is 24.1 Å². The smallest absolute Gasteiger partial charge is 0.416 e. The first kappa shape index (κ1) is 18.7. The molecule has 1 aliphatic heterocycles. The normalized spacial score (nSPS) is 15.1. The van der Waals surface area contributed by atoms with E-state index >= 15 is 0 Å². The second kappa shape index (κ2) is 6.71. The van der Waals surface area contributed by atoms with Crippen LogP contribution in [0.5, 0.6) is 0 Å². The Morgan fingerprint density at radius 2 is 2.04 bits per heavy atom. The minimum Gasteiger partial charge on any atom is -0.503 e. The zero-order valence-corrected chi connectivity index (χ0v) is 13.2. The minimum absolute atomic E-state index is 0.209. The fourth-order valence-electron chi connectivity index (χ4n) is 2.34. The third kappa shape index (κ3) is 3.73. The zero-order chi connectivity index (χ0) is 18.9. The van der Waals surface area contributed by atoms with Crippen LogP contribution >= 0.6 is 0 Å². The van der Waals surface area contributed by atoms with Crippen LogP contribution in [-0.2, 0) is 27.1 Å². The summed E-state index contributed by atoms with van der Waals surface area (Å²) in [5.41, 5.74) is -1.95. The Labute approximate surface area is 139 Å². The molecule has 1 N–H and O–H groups in total. The maximum Gasteiger partial charge on any atom is 0.416 e. The number of halogens is 4. The van der Waals surface area contributed by atoms with E-state index in [0.29, 0.717) is 11.1 Å². The molecule has 6 nitrogen and oxygen atoms in total. The number of carbonyl (C=O) groups is 2. The van der Waals surface area contributed by atoms with Crippen molar-refractivity contribution < 1.29 is 37.1 Å². The Morgan fingerprint density at radius 3 is 2.52 bits per heavy atom. The van der Waals surface area contributed by atoms with Gasteiger partial charge in [0.05, 0.1) is 31.3 Å². The molecule has 25 heavy (non-hydrogen) atoms. The van der Waals surface area contributed by atoms with Crippen LogP contribution in [-0.4, -0.2) is 47.6 Å². The summed E-state index contributed by atoms with van der Waals surface area (Å²) < 4.78 is 52.3. The summed E-state index contributed by atoms with van der Waals surface area (Å²) in [7, 11) is 2.39. The molecule has 2 amide bonds. The van der Waals surface area contributed by atoms with Crippen LogP contribution in [0.3, 0.4) is 0 Å². The number of nitrogens with zero attached hydrogens (tertiary/aromatic N) is 2. The van der Waals surface area contributed by atoms with Gasteiger partial charge in [0, 0.05) is 7.05 Å². The van der Waals surface area contributed by atoms with Gasteiger partial charge in [-0.3, -0.25) is 14.4 Å². The van der Waals surface area contributed by atoms with Crippen molar-refractivity contribution in [1.29, 1.82) is 0 Å². The summed E-state index contributed by atoms with van der Waals surface area (Å²) in [5.74, 6) is -3.60. The molecule has 0 unspecified atom stereocenters. The SMILES string of the molecule is CON(Cc1ccc(F)cc1C(F)(F)F)C(=O)C1=C(O)C(=O)N(C)C1. The number of hydroxylamine groups is 2. The van der Waals surface area contributed by atoms with Crippen molar-refractivity contribution in [2.24, 2.45) is 0 Å². The average molecular weight is 362 g/mol. The third-order valence-corrected chi connectivity index (χ3v) is 3.63. The molecule has 0 bridgehead atoms. The second-order valence-electron chi connectivity index (χ2n) is 5.31. The van der Waals surface area contributed by atoms with Crippen molar-refractivity contribution >= 4 is 11.8 Å². The van der Waals surface area contributed by atoms with Crippen molar-refractivity contribution in [1.82, 2.24) is 9.96 Å². The van der Waals surface area contributed by atoms with E-state index in [1.54, 1.807) is 0 Å². The van der Waals surface area contributed by atoms with Crippen LogP contribution in [0.25, 0.3) is 0 Å². The van der Waals surface area contributed by atoms with Gasteiger partial charge in [0.15, 0.2) is 5.76 Å². The highest BCUT2D eigenvalue weighted by molar-refractivity contribution is 6.06. The molecule has 0 saturated carbocycles. The first-order chi connectivity index (χ1) is 11.6. The molecule has 0 aromatic heterocycles. The summed E-state index contributed by atoms with van der Waals surface area (Å²) in [6.45, 7) is -0.863. The van der Waals surface area contributed by atoms with Crippen molar-refractivity contribution in [2.45, 2.75) is 12.7 Å². The number of aliphatic hydroxyl groups excluding tert-OH is 1. The predicted molar refractivity (Wildman–Crippen MR) is 76.3 cm³/mol. The maximum absolute atomic E-state index is 13.1. The second-order valence-corrected chi connectivity index (χ2v) is 5.31. The topological polar surface area (TPSA) is 70.1 Å². The van der Waals surface area contributed by atoms with Crippen LogP contribution in [0.15, 0.2) is 29.5 Å². The van der Waals surface area contributed by atoms with Gasteiger partial charge in [-0.25, -0.2) is 9.45 Å². The Kier molecular flexibility index (Phi) is 5.02. The van der Waals surface area contributed by atoms with Crippen molar-refractivity contribution in [3.05, 3.63) is 46.5 Å². The van der Waals surface area contributed by atoms with E-state index in [9.17, 15) is 32.3 Å². The highest BCUT2D eigenvalue weighted by atomic mass is 19.4. The number of amides is 2.